The van der Waals surface area contributed by atoms with E-state index < -0.39 is 0 Å². The number of benzene rings is 1. The Morgan fingerprint density at radius 3 is 2.86 bits per heavy atom. The fraction of sp³-hybridized carbons (Fsp3) is 0.312. The van der Waals surface area contributed by atoms with Crippen molar-refractivity contribution in [2.75, 3.05) is 6.54 Å². The summed E-state index contributed by atoms with van der Waals surface area (Å²) in [6.07, 6.45) is 3.21. The largest absolute Gasteiger partial charge is 0.452 e. The normalized spacial score (nSPS) is 10.9. The number of halogens is 2. The van der Waals surface area contributed by atoms with Crippen LogP contribution in [-0.2, 0) is 6.54 Å². The maximum Gasteiger partial charge on any atom is 0.167 e. The van der Waals surface area contributed by atoms with Gasteiger partial charge in [0.15, 0.2) is 11.6 Å². The summed E-state index contributed by atoms with van der Waals surface area (Å²) in [7, 11) is 0. The Hall–Kier alpha value is -1.46. The minimum atomic E-state index is -0.376. The van der Waals surface area contributed by atoms with Gasteiger partial charge in [-0.05, 0) is 40.5 Å². The van der Waals surface area contributed by atoms with Gasteiger partial charge in [-0.2, -0.15) is 0 Å². The molecular formula is C16H18BrFN2O. The first-order valence-corrected chi connectivity index (χ1v) is 7.62. The van der Waals surface area contributed by atoms with Gasteiger partial charge in [0, 0.05) is 22.8 Å². The van der Waals surface area contributed by atoms with E-state index in [1.807, 2.05) is 6.07 Å². The van der Waals surface area contributed by atoms with Crippen molar-refractivity contribution in [3.8, 4) is 11.5 Å². The second-order valence-electron chi connectivity index (χ2n) is 5.19. The summed E-state index contributed by atoms with van der Waals surface area (Å²) in [4.78, 5) is 4.02. The van der Waals surface area contributed by atoms with Crippen molar-refractivity contribution in [1.29, 1.82) is 0 Å². The van der Waals surface area contributed by atoms with Gasteiger partial charge in [-0.1, -0.05) is 26.0 Å². The standard InChI is InChI=1S/C16H18BrFN2O/c1-11(2)7-19-8-12-4-3-5-15(18)16(12)21-14-6-13(17)9-20-10-14/h3-6,9-11,19H,7-8H2,1-2H3. The first-order chi connectivity index (χ1) is 10.1. The van der Waals surface area contributed by atoms with Gasteiger partial charge in [-0.3, -0.25) is 4.98 Å². The second-order valence-corrected chi connectivity index (χ2v) is 6.11. The number of hydrogen-bond acceptors (Lipinski definition) is 3. The molecule has 0 aliphatic carbocycles. The van der Waals surface area contributed by atoms with E-state index in [-0.39, 0.29) is 11.6 Å². The monoisotopic (exact) mass is 352 g/mol. The molecule has 0 fully saturated rings. The van der Waals surface area contributed by atoms with Gasteiger partial charge in [0.2, 0.25) is 0 Å². The van der Waals surface area contributed by atoms with Crippen LogP contribution in [0.5, 0.6) is 11.5 Å². The molecule has 2 aromatic rings. The maximum absolute atomic E-state index is 14.0. The minimum absolute atomic E-state index is 0.244. The Morgan fingerprint density at radius 1 is 1.33 bits per heavy atom. The van der Waals surface area contributed by atoms with Gasteiger partial charge in [-0.25, -0.2) is 4.39 Å². The van der Waals surface area contributed by atoms with Gasteiger partial charge in [-0.15, -0.1) is 0 Å². The fourth-order valence-corrected chi connectivity index (χ4v) is 2.21. The minimum Gasteiger partial charge on any atom is -0.452 e. The van der Waals surface area contributed by atoms with Gasteiger partial charge in [0.25, 0.3) is 0 Å². The molecule has 0 amide bonds. The number of nitrogens with one attached hydrogen (secondary N) is 1. The lowest BCUT2D eigenvalue weighted by molar-refractivity contribution is 0.430. The Labute approximate surface area is 132 Å². The Bertz CT molecular complexity index is 605. The lowest BCUT2D eigenvalue weighted by atomic mass is 10.1. The van der Waals surface area contributed by atoms with Crippen LogP contribution in [0.25, 0.3) is 0 Å². The van der Waals surface area contributed by atoms with Crippen LogP contribution in [0.15, 0.2) is 41.1 Å². The topological polar surface area (TPSA) is 34.1 Å². The molecule has 0 atom stereocenters. The molecule has 1 aromatic heterocycles. The van der Waals surface area contributed by atoms with Crippen LogP contribution < -0.4 is 10.1 Å². The summed E-state index contributed by atoms with van der Waals surface area (Å²) in [5.74, 6) is 0.907. The predicted molar refractivity (Wildman–Crippen MR) is 85.0 cm³/mol. The van der Waals surface area contributed by atoms with Crippen molar-refractivity contribution in [3.05, 3.63) is 52.5 Å². The van der Waals surface area contributed by atoms with Crippen molar-refractivity contribution in [3.63, 3.8) is 0 Å². The molecule has 2 rings (SSSR count). The lowest BCUT2D eigenvalue weighted by Crippen LogP contribution is -2.19. The third-order valence-corrected chi connectivity index (χ3v) is 3.25. The third-order valence-electron chi connectivity index (χ3n) is 2.82. The summed E-state index contributed by atoms with van der Waals surface area (Å²) in [5, 5.41) is 3.29. The number of nitrogens with zero attached hydrogens (tertiary/aromatic N) is 1. The average Bonchev–Trinajstić information content (AvgIpc) is 2.42. The van der Waals surface area contributed by atoms with Crippen LogP contribution in [0.3, 0.4) is 0 Å². The van der Waals surface area contributed by atoms with Crippen LogP contribution in [0.1, 0.15) is 19.4 Å². The number of rotatable bonds is 6. The van der Waals surface area contributed by atoms with Gasteiger partial charge >= 0.3 is 0 Å². The van der Waals surface area contributed by atoms with Gasteiger partial charge in [0.05, 0.1) is 6.20 Å². The quantitative estimate of drug-likeness (QED) is 0.829. The first kappa shape index (κ1) is 15.9. The van der Waals surface area contributed by atoms with Crippen molar-refractivity contribution >= 4 is 15.9 Å². The molecule has 21 heavy (non-hydrogen) atoms. The zero-order valence-corrected chi connectivity index (χ0v) is 13.7. The summed E-state index contributed by atoms with van der Waals surface area (Å²) >= 11 is 3.32. The number of aromatic nitrogens is 1. The molecule has 0 saturated heterocycles. The Morgan fingerprint density at radius 2 is 2.14 bits per heavy atom. The van der Waals surface area contributed by atoms with E-state index in [1.165, 1.54) is 6.07 Å². The molecule has 0 aliphatic rings. The number of para-hydroxylation sites is 1. The number of pyridine rings is 1. The van der Waals surface area contributed by atoms with E-state index >= 15 is 0 Å². The molecule has 0 radical (unpaired) electrons. The summed E-state index contributed by atoms with van der Waals surface area (Å²) < 4.78 is 20.5. The highest BCUT2D eigenvalue weighted by Gasteiger charge is 2.11. The fourth-order valence-electron chi connectivity index (χ4n) is 1.87. The molecule has 3 nitrogen and oxygen atoms in total. The highest BCUT2D eigenvalue weighted by atomic mass is 79.9. The lowest BCUT2D eigenvalue weighted by Gasteiger charge is -2.13. The smallest absolute Gasteiger partial charge is 0.167 e. The zero-order chi connectivity index (χ0) is 15.2. The Kier molecular flexibility index (Phi) is 5.70. The van der Waals surface area contributed by atoms with Gasteiger partial charge in [0.1, 0.15) is 5.75 Å². The molecule has 5 heteroatoms. The second kappa shape index (κ2) is 7.52. The van der Waals surface area contributed by atoms with E-state index in [1.54, 1.807) is 24.5 Å². The van der Waals surface area contributed by atoms with Crippen LogP contribution in [0, 0.1) is 11.7 Å². The maximum atomic E-state index is 14.0. The summed E-state index contributed by atoms with van der Waals surface area (Å²) in [5.41, 5.74) is 0.788. The average molecular weight is 353 g/mol. The van der Waals surface area contributed by atoms with Crippen LogP contribution >= 0.6 is 15.9 Å². The number of hydrogen-bond donors (Lipinski definition) is 1. The van der Waals surface area contributed by atoms with Crippen molar-refractivity contribution in [1.82, 2.24) is 10.3 Å². The van der Waals surface area contributed by atoms with E-state index in [0.29, 0.717) is 18.2 Å². The van der Waals surface area contributed by atoms with Crippen LogP contribution in [0.4, 0.5) is 4.39 Å². The zero-order valence-electron chi connectivity index (χ0n) is 12.1. The summed E-state index contributed by atoms with van der Waals surface area (Å²) in [6, 6.07) is 6.70. The van der Waals surface area contributed by atoms with E-state index in [0.717, 1.165) is 16.6 Å². The first-order valence-electron chi connectivity index (χ1n) is 6.82. The predicted octanol–water partition coefficient (Wildman–Crippen LogP) is 4.52. The third kappa shape index (κ3) is 4.79. The van der Waals surface area contributed by atoms with E-state index in [4.69, 9.17) is 4.74 Å². The molecule has 1 heterocycles. The van der Waals surface area contributed by atoms with E-state index in [2.05, 4.69) is 40.1 Å². The molecule has 1 aromatic carbocycles. The highest BCUT2D eigenvalue weighted by molar-refractivity contribution is 9.10. The van der Waals surface area contributed by atoms with Crippen molar-refractivity contribution < 1.29 is 9.13 Å². The molecule has 0 spiro atoms. The molecule has 0 saturated carbocycles. The molecule has 112 valence electrons. The molecule has 0 unspecified atom stereocenters. The Balaban J connectivity index is 2.17. The van der Waals surface area contributed by atoms with Crippen LogP contribution in [0.2, 0.25) is 0 Å². The summed E-state index contributed by atoms with van der Waals surface area (Å²) in [6.45, 7) is 5.69. The van der Waals surface area contributed by atoms with Gasteiger partial charge < -0.3 is 10.1 Å². The SMILES string of the molecule is CC(C)CNCc1cccc(F)c1Oc1cncc(Br)c1. The van der Waals surface area contributed by atoms with Crippen molar-refractivity contribution in [2.45, 2.75) is 20.4 Å². The van der Waals surface area contributed by atoms with Crippen molar-refractivity contribution in [2.24, 2.45) is 5.92 Å². The highest BCUT2D eigenvalue weighted by Crippen LogP contribution is 2.29. The van der Waals surface area contributed by atoms with Crippen LogP contribution in [-0.4, -0.2) is 11.5 Å². The molecular weight excluding hydrogens is 335 g/mol. The molecule has 0 bridgehead atoms. The number of ether oxygens (including phenoxy) is 1. The van der Waals surface area contributed by atoms with E-state index in [9.17, 15) is 4.39 Å². The molecule has 0 aliphatic heterocycles. The molecule has 1 N–H and O–H groups in total.